The second kappa shape index (κ2) is 8.37. The van der Waals surface area contributed by atoms with Crippen LogP contribution in [0.5, 0.6) is 0 Å². The normalized spacial score (nSPS) is 11.5. The highest BCUT2D eigenvalue weighted by Gasteiger charge is 2.19. The molecule has 0 spiro atoms. The van der Waals surface area contributed by atoms with Crippen molar-refractivity contribution < 1.29 is 23.9 Å². The number of ether oxygens (including phenoxy) is 2. The molecule has 0 saturated heterocycles. The van der Waals surface area contributed by atoms with E-state index in [9.17, 15) is 14.4 Å². The number of esters is 2. The lowest BCUT2D eigenvalue weighted by Crippen LogP contribution is -2.26. The Bertz CT molecular complexity index is 642. The lowest BCUT2D eigenvalue weighted by atomic mass is 10.1. The molecule has 0 aromatic heterocycles. The van der Waals surface area contributed by atoms with Gasteiger partial charge in [-0.15, -0.1) is 0 Å². The van der Waals surface area contributed by atoms with Crippen molar-refractivity contribution in [2.24, 2.45) is 0 Å². The van der Waals surface area contributed by atoms with Crippen LogP contribution >= 0.6 is 0 Å². The molecule has 1 atom stereocenters. The average Bonchev–Trinajstić information content (AvgIpc) is 2.52. The molecule has 0 radical (unpaired) electrons. The molecular formula is C16H15NO5. The first kappa shape index (κ1) is 17.1. The van der Waals surface area contributed by atoms with Crippen LogP contribution in [0.4, 0.5) is 0 Å². The van der Waals surface area contributed by atoms with Crippen molar-refractivity contribution in [1.29, 1.82) is 5.26 Å². The Labute approximate surface area is 127 Å². The SMILES string of the molecule is COC(=O)C(C)OC(=O)CC(=O)C=Cc1cccc(C#N)c1. The fourth-order valence-electron chi connectivity index (χ4n) is 1.56. The first-order chi connectivity index (χ1) is 10.5. The minimum absolute atomic E-state index is 0.468. The maximum Gasteiger partial charge on any atom is 0.346 e. The summed E-state index contributed by atoms with van der Waals surface area (Å²) in [6.45, 7) is 1.36. The topological polar surface area (TPSA) is 93.5 Å². The number of nitriles is 1. The third-order valence-electron chi connectivity index (χ3n) is 2.64. The van der Waals surface area contributed by atoms with E-state index in [1.165, 1.54) is 26.2 Å². The lowest BCUT2D eigenvalue weighted by Gasteiger charge is -2.09. The first-order valence-electron chi connectivity index (χ1n) is 6.44. The van der Waals surface area contributed by atoms with Crippen LogP contribution in [0.15, 0.2) is 30.3 Å². The van der Waals surface area contributed by atoms with Crippen molar-refractivity contribution in [2.45, 2.75) is 19.4 Å². The fourth-order valence-corrected chi connectivity index (χ4v) is 1.56. The maximum atomic E-state index is 11.6. The largest absolute Gasteiger partial charge is 0.466 e. The van der Waals surface area contributed by atoms with Crippen molar-refractivity contribution in [3.63, 3.8) is 0 Å². The van der Waals surface area contributed by atoms with E-state index >= 15 is 0 Å². The number of rotatable bonds is 6. The third kappa shape index (κ3) is 5.59. The van der Waals surface area contributed by atoms with Crippen molar-refractivity contribution in [1.82, 2.24) is 0 Å². The standard InChI is InChI=1S/C16H15NO5/c1-11(16(20)21-2)22-15(19)9-14(18)7-6-12-4-3-5-13(8-12)10-17/h3-8,11H,9H2,1-2H3. The average molecular weight is 301 g/mol. The Morgan fingerprint density at radius 2 is 2.09 bits per heavy atom. The number of benzene rings is 1. The molecule has 0 amide bonds. The number of hydrogen-bond donors (Lipinski definition) is 0. The van der Waals surface area contributed by atoms with Gasteiger partial charge in [-0.3, -0.25) is 9.59 Å². The van der Waals surface area contributed by atoms with Gasteiger partial charge in [-0.2, -0.15) is 5.26 Å². The van der Waals surface area contributed by atoms with Crippen LogP contribution in [0.3, 0.4) is 0 Å². The van der Waals surface area contributed by atoms with Crippen LogP contribution in [-0.4, -0.2) is 30.9 Å². The van der Waals surface area contributed by atoms with E-state index < -0.39 is 30.2 Å². The van der Waals surface area contributed by atoms with Crippen LogP contribution in [0.1, 0.15) is 24.5 Å². The second-order valence-electron chi connectivity index (χ2n) is 4.37. The van der Waals surface area contributed by atoms with Crippen LogP contribution in [0.2, 0.25) is 0 Å². The van der Waals surface area contributed by atoms with E-state index in [1.54, 1.807) is 24.3 Å². The predicted molar refractivity (Wildman–Crippen MR) is 77.4 cm³/mol. The highest BCUT2D eigenvalue weighted by Crippen LogP contribution is 2.07. The summed E-state index contributed by atoms with van der Waals surface area (Å²) in [4.78, 5) is 34.2. The molecule has 22 heavy (non-hydrogen) atoms. The van der Waals surface area contributed by atoms with Gasteiger partial charge in [-0.25, -0.2) is 4.79 Å². The summed E-state index contributed by atoms with van der Waals surface area (Å²) in [5, 5.41) is 8.77. The zero-order valence-corrected chi connectivity index (χ0v) is 12.2. The molecule has 6 nitrogen and oxygen atoms in total. The molecule has 1 aromatic rings. The number of carbonyl (C=O) groups is 3. The van der Waals surface area contributed by atoms with E-state index in [-0.39, 0.29) is 0 Å². The Morgan fingerprint density at radius 1 is 1.36 bits per heavy atom. The van der Waals surface area contributed by atoms with Gasteiger partial charge in [0.25, 0.3) is 0 Å². The Hall–Kier alpha value is -2.94. The van der Waals surface area contributed by atoms with Crippen LogP contribution in [-0.2, 0) is 23.9 Å². The molecule has 0 bridgehead atoms. The molecule has 0 fully saturated rings. The summed E-state index contributed by atoms with van der Waals surface area (Å²) in [5.74, 6) is -1.97. The molecule has 1 rings (SSSR count). The van der Waals surface area contributed by atoms with Gasteiger partial charge in [0.05, 0.1) is 18.7 Å². The summed E-state index contributed by atoms with van der Waals surface area (Å²) in [5.41, 5.74) is 1.14. The zero-order chi connectivity index (χ0) is 16.5. The van der Waals surface area contributed by atoms with Crippen LogP contribution in [0.25, 0.3) is 6.08 Å². The summed E-state index contributed by atoms with van der Waals surface area (Å²) in [6.07, 6.45) is 1.19. The molecule has 114 valence electrons. The van der Waals surface area contributed by atoms with Crippen LogP contribution in [0, 0.1) is 11.3 Å². The van der Waals surface area contributed by atoms with Gasteiger partial charge < -0.3 is 9.47 Å². The summed E-state index contributed by atoms with van der Waals surface area (Å²) < 4.78 is 9.15. The Morgan fingerprint density at radius 3 is 2.73 bits per heavy atom. The smallest absolute Gasteiger partial charge is 0.346 e. The van der Waals surface area contributed by atoms with E-state index in [4.69, 9.17) is 10.00 Å². The molecule has 0 aliphatic rings. The van der Waals surface area contributed by atoms with E-state index in [0.717, 1.165) is 0 Å². The fraction of sp³-hybridized carbons (Fsp3) is 0.250. The van der Waals surface area contributed by atoms with Crippen molar-refractivity contribution in [2.75, 3.05) is 7.11 Å². The maximum absolute atomic E-state index is 11.6. The molecule has 1 unspecified atom stereocenters. The van der Waals surface area contributed by atoms with Crippen LogP contribution < -0.4 is 0 Å². The van der Waals surface area contributed by atoms with E-state index in [2.05, 4.69) is 4.74 Å². The molecule has 0 aliphatic heterocycles. The second-order valence-corrected chi connectivity index (χ2v) is 4.37. The summed E-state index contributed by atoms with van der Waals surface area (Å²) in [6, 6.07) is 8.66. The quantitative estimate of drug-likeness (QED) is 0.450. The molecule has 0 aliphatic carbocycles. The van der Waals surface area contributed by atoms with Crippen molar-refractivity contribution in [3.05, 3.63) is 41.5 Å². The predicted octanol–water partition coefficient (Wildman–Crippen LogP) is 1.64. The lowest BCUT2D eigenvalue weighted by molar-refractivity contribution is -0.165. The highest BCUT2D eigenvalue weighted by atomic mass is 16.6. The van der Waals surface area contributed by atoms with Gasteiger partial charge >= 0.3 is 11.9 Å². The van der Waals surface area contributed by atoms with Gasteiger partial charge in [0.1, 0.15) is 6.42 Å². The van der Waals surface area contributed by atoms with E-state index in [0.29, 0.717) is 11.1 Å². The number of nitrogens with zero attached hydrogens (tertiary/aromatic N) is 1. The monoisotopic (exact) mass is 301 g/mol. The summed E-state index contributed by atoms with van der Waals surface area (Å²) >= 11 is 0. The van der Waals surface area contributed by atoms with Gasteiger partial charge in [-0.05, 0) is 30.7 Å². The molecular weight excluding hydrogens is 286 g/mol. The van der Waals surface area contributed by atoms with Crippen molar-refractivity contribution in [3.8, 4) is 6.07 Å². The van der Waals surface area contributed by atoms with Gasteiger partial charge in [-0.1, -0.05) is 18.2 Å². The number of hydrogen-bond acceptors (Lipinski definition) is 6. The third-order valence-corrected chi connectivity index (χ3v) is 2.64. The molecule has 1 aromatic carbocycles. The number of methoxy groups -OCH3 is 1. The molecule has 0 N–H and O–H groups in total. The molecule has 6 heteroatoms. The number of ketones is 1. The zero-order valence-electron chi connectivity index (χ0n) is 12.2. The van der Waals surface area contributed by atoms with Crippen molar-refractivity contribution >= 4 is 23.8 Å². The van der Waals surface area contributed by atoms with Gasteiger partial charge in [0.2, 0.25) is 0 Å². The van der Waals surface area contributed by atoms with Gasteiger partial charge in [0.15, 0.2) is 11.9 Å². The number of allylic oxidation sites excluding steroid dienone is 1. The first-order valence-corrected chi connectivity index (χ1v) is 6.44. The molecule has 0 heterocycles. The Kier molecular flexibility index (Phi) is 6.51. The minimum Gasteiger partial charge on any atom is -0.466 e. The highest BCUT2D eigenvalue weighted by molar-refractivity contribution is 6.04. The van der Waals surface area contributed by atoms with E-state index in [1.807, 2.05) is 6.07 Å². The number of carbonyl (C=O) groups excluding carboxylic acids is 3. The van der Waals surface area contributed by atoms with Gasteiger partial charge in [0, 0.05) is 0 Å². The summed E-state index contributed by atoms with van der Waals surface area (Å²) in [7, 11) is 1.18. The minimum atomic E-state index is -1.05. The Balaban J connectivity index is 2.55. The molecule has 0 saturated carbocycles.